The number of ether oxygens (including phenoxy) is 2. The second kappa shape index (κ2) is 10.2. The molecule has 2 atom stereocenters. The summed E-state index contributed by atoms with van der Waals surface area (Å²) < 4.78 is 68.9. The molecular formula is C22H16F4N2O8S. The van der Waals surface area contributed by atoms with E-state index in [0.29, 0.717) is 0 Å². The number of thioether (sulfide) groups is 1. The van der Waals surface area contributed by atoms with Gasteiger partial charge in [0.2, 0.25) is 11.6 Å². The Kier molecular flexibility index (Phi) is 7.16. The molecule has 15 heteroatoms. The third-order valence-electron chi connectivity index (χ3n) is 5.30. The number of furan rings is 1. The molecule has 37 heavy (non-hydrogen) atoms. The number of hydrogen-bond donors (Lipinski definition) is 2. The minimum atomic E-state index is -1.74. The highest BCUT2D eigenvalue weighted by Crippen LogP contribution is 2.40. The summed E-state index contributed by atoms with van der Waals surface area (Å²) in [6, 6.07) is 1.31. The normalized spacial score (nSPS) is 18.7. The Morgan fingerprint density at radius 2 is 1.84 bits per heavy atom. The van der Waals surface area contributed by atoms with Crippen LogP contribution in [0.5, 0.6) is 5.75 Å². The number of hydrogen-bond acceptors (Lipinski definition) is 8. The van der Waals surface area contributed by atoms with E-state index in [4.69, 9.17) is 13.9 Å². The lowest BCUT2D eigenvalue weighted by atomic mass is 10.0. The van der Waals surface area contributed by atoms with Crippen LogP contribution in [0.15, 0.2) is 33.9 Å². The maximum atomic E-state index is 13.7. The number of amides is 2. The van der Waals surface area contributed by atoms with Gasteiger partial charge in [-0.1, -0.05) is 0 Å². The number of esters is 1. The van der Waals surface area contributed by atoms with Crippen LogP contribution in [-0.2, 0) is 25.7 Å². The van der Waals surface area contributed by atoms with E-state index < -0.39 is 70.8 Å². The van der Waals surface area contributed by atoms with Gasteiger partial charge in [0.05, 0.1) is 0 Å². The molecule has 0 spiro atoms. The molecule has 2 aromatic rings. The van der Waals surface area contributed by atoms with Crippen LogP contribution >= 0.6 is 11.8 Å². The van der Waals surface area contributed by atoms with Gasteiger partial charge in [0.1, 0.15) is 36.1 Å². The second-order valence-electron chi connectivity index (χ2n) is 7.75. The Bertz CT molecular complexity index is 1320. The molecule has 1 aromatic carbocycles. The first kappa shape index (κ1) is 26.1. The molecule has 1 saturated heterocycles. The number of carbonyl (C=O) groups is 4. The van der Waals surface area contributed by atoms with Crippen LogP contribution < -0.4 is 10.1 Å². The number of rotatable bonds is 8. The van der Waals surface area contributed by atoms with E-state index in [1.807, 2.05) is 0 Å². The predicted molar refractivity (Wildman–Crippen MR) is 115 cm³/mol. The highest BCUT2D eigenvalue weighted by Gasteiger charge is 2.54. The third-order valence-corrected chi connectivity index (χ3v) is 6.64. The number of fused-ring (bicyclic) bond motifs is 1. The number of carboxylic acid groups (broad SMARTS) is 1. The average Bonchev–Trinajstić information content (AvgIpc) is 3.33. The minimum absolute atomic E-state index is 0.0241. The van der Waals surface area contributed by atoms with Gasteiger partial charge in [-0.05, 0) is 12.1 Å². The minimum Gasteiger partial charge on any atom is -0.479 e. The monoisotopic (exact) mass is 544 g/mol. The van der Waals surface area contributed by atoms with Gasteiger partial charge in [-0.15, -0.1) is 11.8 Å². The Morgan fingerprint density at radius 3 is 2.46 bits per heavy atom. The Hall–Kier alpha value is -4.01. The molecule has 1 aromatic heterocycles. The van der Waals surface area contributed by atoms with Gasteiger partial charge < -0.3 is 24.3 Å². The molecule has 0 aliphatic carbocycles. The highest BCUT2D eigenvalue weighted by atomic mass is 32.2. The van der Waals surface area contributed by atoms with Crippen molar-refractivity contribution in [2.75, 3.05) is 12.4 Å². The van der Waals surface area contributed by atoms with E-state index in [1.54, 1.807) is 0 Å². The fraction of sp³-hybridized carbons (Fsp3) is 0.273. The fourth-order valence-electron chi connectivity index (χ4n) is 3.59. The Balaban J connectivity index is 1.41. The topological polar surface area (TPSA) is 135 Å². The van der Waals surface area contributed by atoms with Crippen molar-refractivity contribution in [2.24, 2.45) is 0 Å². The zero-order chi connectivity index (χ0) is 27.0. The summed E-state index contributed by atoms with van der Waals surface area (Å²) in [7, 11) is 0. The summed E-state index contributed by atoms with van der Waals surface area (Å²) in [5.41, 5.74) is -0.102. The van der Waals surface area contributed by atoms with E-state index in [0.717, 1.165) is 23.6 Å². The predicted octanol–water partition coefficient (Wildman–Crippen LogP) is 2.33. The fourth-order valence-corrected chi connectivity index (χ4v) is 4.92. The van der Waals surface area contributed by atoms with Gasteiger partial charge in [0.15, 0.2) is 23.1 Å². The zero-order valence-electron chi connectivity index (χ0n) is 18.7. The third kappa shape index (κ3) is 4.98. The zero-order valence-corrected chi connectivity index (χ0v) is 19.5. The molecule has 10 nitrogen and oxygen atoms in total. The number of aliphatic carboxylic acids is 1. The smallest absolute Gasteiger partial charge is 0.352 e. The van der Waals surface area contributed by atoms with Crippen molar-refractivity contribution in [3.63, 3.8) is 0 Å². The molecule has 0 radical (unpaired) electrons. The van der Waals surface area contributed by atoms with Crippen LogP contribution in [0.2, 0.25) is 0 Å². The first-order chi connectivity index (χ1) is 17.5. The van der Waals surface area contributed by atoms with Gasteiger partial charge in [-0.2, -0.15) is 8.78 Å². The SMILES string of the molecule is CC(=O)OCC1=C(C(=O)O)N2C(=O)[C@H](NC(=O)c3ccc(COc4c(F)c(F)cc(F)c4F)o3)[C@H]2SC1. The van der Waals surface area contributed by atoms with Crippen molar-refractivity contribution < 1.29 is 55.7 Å². The number of halogens is 4. The van der Waals surface area contributed by atoms with Crippen LogP contribution in [0, 0.1) is 23.3 Å². The average molecular weight is 544 g/mol. The van der Waals surface area contributed by atoms with E-state index in [9.17, 15) is 41.8 Å². The Labute approximate surface area is 209 Å². The second-order valence-corrected chi connectivity index (χ2v) is 8.86. The molecule has 0 saturated carbocycles. The molecule has 196 valence electrons. The summed E-state index contributed by atoms with van der Waals surface area (Å²) in [6.45, 7) is 0.172. The largest absolute Gasteiger partial charge is 0.479 e. The Morgan fingerprint density at radius 1 is 1.16 bits per heavy atom. The van der Waals surface area contributed by atoms with Gasteiger partial charge in [0, 0.05) is 24.3 Å². The molecule has 1 fully saturated rings. The molecule has 2 aliphatic heterocycles. The van der Waals surface area contributed by atoms with Crippen LogP contribution in [-0.4, -0.2) is 57.5 Å². The van der Waals surface area contributed by atoms with Crippen molar-refractivity contribution in [1.29, 1.82) is 0 Å². The summed E-state index contributed by atoms with van der Waals surface area (Å²) in [6.07, 6.45) is 0. The van der Waals surface area contributed by atoms with E-state index in [-0.39, 0.29) is 41.2 Å². The summed E-state index contributed by atoms with van der Waals surface area (Å²) >= 11 is 1.15. The number of carbonyl (C=O) groups excluding carboxylic acids is 3. The van der Waals surface area contributed by atoms with Crippen molar-refractivity contribution in [2.45, 2.75) is 24.9 Å². The molecular weight excluding hydrogens is 528 g/mol. The van der Waals surface area contributed by atoms with Gasteiger partial charge in [0.25, 0.3) is 11.8 Å². The van der Waals surface area contributed by atoms with E-state index in [2.05, 4.69) is 5.32 Å². The van der Waals surface area contributed by atoms with Crippen molar-refractivity contribution >= 4 is 35.5 Å². The number of carboxylic acids is 1. The van der Waals surface area contributed by atoms with Gasteiger partial charge in [-0.25, -0.2) is 13.6 Å². The molecule has 4 rings (SSSR count). The van der Waals surface area contributed by atoms with Crippen LogP contribution in [0.25, 0.3) is 0 Å². The van der Waals surface area contributed by atoms with Crippen LogP contribution in [0.3, 0.4) is 0 Å². The van der Waals surface area contributed by atoms with Crippen molar-refractivity contribution in [3.05, 3.63) is 64.3 Å². The lowest BCUT2D eigenvalue weighted by molar-refractivity contribution is -0.149. The maximum absolute atomic E-state index is 13.7. The molecule has 2 amide bonds. The lowest BCUT2D eigenvalue weighted by Gasteiger charge is -2.49. The summed E-state index contributed by atoms with van der Waals surface area (Å²) in [5.74, 6) is -12.0. The van der Waals surface area contributed by atoms with Crippen molar-refractivity contribution in [3.8, 4) is 5.75 Å². The first-order valence-corrected chi connectivity index (χ1v) is 11.4. The lowest BCUT2D eigenvalue weighted by Crippen LogP contribution is -2.70. The maximum Gasteiger partial charge on any atom is 0.352 e. The quantitative estimate of drug-likeness (QED) is 0.222. The van der Waals surface area contributed by atoms with Gasteiger partial charge in [-0.3, -0.25) is 19.3 Å². The summed E-state index contributed by atoms with van der Waals surface area (Å²) in [5, 5.41) is 11.2. The number of β-lactam (4-membered cyclic amide) rings is 1. The molecule has 3 heterocycles. The van der Waals surface area contributed by atoms with Crippen LogP contribution in [0.1, 0.15) is 23.2 Å². The molecule has 0 unspecified atom stereocenters. The van der Waals surface area contributed by atoms with E-state index >= 15 is 0 Å². The first-order valence-electron chi connectivity index (χ1n) is 10.4. The number of benzene rings is 1. The number of nitrogens with zero attached hydrogens (tertiary/aromatic N) is 1. The highest BCUT2D eigenvalue weighted by molar-refractivity contribution is 8.00. The van der Waals surface area contributed by atoms with E-state index in [1.165, 1.54) is 12.1 Å². The van der Waals surface area contributed by atoms with Crippen LogP contribution in [0.4, 0.5) is 17.6 Å². The number of nitrogens with one attached hydrogen (secondary N) is 1. The summed E-state index contributed by atoms with van der Waals surface area (Å²) in [4.78, 5) is 49.0. The molecule has 0 bridgehead atoms. The standard InChI is InChI=1S/C22H16F4N2O8S/c1-8(29)34-5-9-7-37-21-16(20(31)28(21)17(9)22(32)33)27-19(30)13-3-2-10(36-13)6-35-18-14(25)11(23)4-12(24)15(18)26/h2-4,16,21H,5-7H2,1H3,(H,27,30)(H,32,33)/t16-,21+/m0/s1. The molecule has 2 aliphatic rings. The molecule has 2 N–H and O–H groups in total. The van der Waals surface area contributed by atoms with Gasteiger partial charge >= 0.3 is 11.9 Å². The van der Waals surface area contributed by atoms with Crippen molar-refractivity contribution in [1.82, 2.24) is 10.2 Å².